The molecule has 3 N–H and O–H groups in total. The zero-order valence-electron chi connectivity index (χ0n) is 16.0. The highest BCUT2D eigenvalue weighted by atomic mass is 16.5. The zero-order valence-corrected chi connectivity index (χ0v) is 16.0. The van der Waals surface area contributed by atoms with Crippen LogP contribution in [0.5, 0.6) is 5.75 Å². The van der Waals surface area contributed by atoms with E-state index in [0.29, 0.717) is 65.7 Å². The van der Waals surface area contributed by atoms with Gasteiger partial charge in [-0.2, -0.15) is 0 Å². The van der Waals surface area contributed by atoms with Crippen LogP contribution < -0.4 is 4.90 Å². The Kier molecular flexibility index (Phi) is 4.69. The van der Waals surface area contributed by atoms with Gasteiger partial charge in [0.2, 0.25) is 0 Å². The van der Waals surface area contributed by atoms with Crippen LogP contribution in [0.15, 0.2) is 36.5 Å². The minimum absolute atomic E-state index is 0.145. The van der Waals surface area contributed by atoms with Gasteiger partial charge in [-0.3, -0.25) is 5.10 Å². The quantitative estimate of drug-likeness (QED) is 0.462. The smallest absolute Gasteiger partial charge is 0.162 e. The molecule has 0 bridgehead atoms. The maximum atomic E-state index is 9.90. The van der Waals surface area contributed by atoms with Crippen LogP contribution in [0.1, 0.15) is 5.69 Å². The lowest BCUT2D eigenvalue weighted by atomic mass is 10.1. The molecule has 0 saturated carbocycles. The van der Waals surface area contributed by atoms with Gasteiger partial charge in [0.25, 0.3) is 0 Å². The third kappa shape index (κ3) is 3.31. The van der Waals surface area contributed by atoms with Crippen LogP contribution in [0.2, 0.25) is 0 Å². The molecule has 30 heavy (non-hydrogen) atoms. The Labute approximate surface area is 171 Å². The highest BCUT2D eigenvalue weighted by Crippen LogP contribution is 2.30. The van der Waals surface area contributed by atoms with Crippen LogP contribution in [0.25, 0.3) is 33.7 Å². The number of fused-ring (bicyclic) bond motifs is 1. The van der Waals surface area contributed by atoms with Crippen molar-refractivity contribution in [3.05, 3.63) is 42.2 Å². The Balaban J connectivity index is 1.70. The predicted octanol–water partition coefficient (Wildman–Crippen LogP) is 1.51. The average molecular weight is 405 g/mol. The van der Waals surface area contributed by atoms with Gasteiger partial charge in [0, 0.05) is 30.4 Å². The number of aliphatic hydroxyl groups is 1. The second-order valence-electron chi connectivity index (χ2n) is 6.90. The normalized spacial score (nSPS) is 14.4. The number of anilines is 1. The molecule has 0 radical (unpaired) electrons. The number of H-pyrrole nitrogens is 1. The standard InChI is InChI=1S/C20H19N7O3/c28-11-16-17(25-26-24-16)13-9-15-18(21-10-13)20(27-4-6-30-7-5-27)23-19(22-15)12-2-1-3-14(29)8-12/h1-3,8-10,28-29H,4-7,11H2,(H,24,25,26). The molecule has 0 atom stereocenters. The highest BCUT2D eigenvalue weighted by molar-refractivity contribution is 5.90. The predicted molar refractivity (Wildman–Crippen MR) is 109 cm³/mol. The molecule has 4 aromatic rings. The van der Waals surface area contributed by atoms with Gasteiger partial charge in [0.15, 0.2) is 11.6 Å². The summed E-state index contributed by atoms with van der Waals surface area (Å²) >= 11 is 0. The monoisotopic (exact) mass is 405 g/mol. The Morgan fingerprint density at radius 2 is 1.97 bits per heavy atom. The van der Waals surface area contributed by atoms with Crippen molar-refractivity contribution in [1.29, 1.82) is 0 Å². The van der Waals surface area contributed by atoms with Crippen molar-refractivity contribution < 1.29 is 14.9 Å². The number of aromatic hydroxyl groups is 1. The van der Waals surface area contributed by atoms with Gasteiger partial charge in [-0.25, -0.2) is 15.0 Å². The van der Waals surface area contributed by atoms with E-state index in [2.05, 4.69) is 25.3 Å². The molecular weight excluding hydrogens is 386 g/mol. The summed E-state index contributed by atoms with van der Waals surface area (Å²) in [5.74, 6) is 1.36. The van der Waals surface area contributed by atoms with Crippen molar-refractivity contribution in [3.63, 3.8) is 0 Å². The van der Waals surface area contributed by atoms with Crippen molar-refractivity contribution in [3.8, 4) is 28.4 Å². The molecule has 5 rings (SSSR count). The summed E-state index contributed by atoms with van der Waals surface area (Å²) in [7, 11) is 0. The summed E-state index contributed by atoms with van der Waals surface area (Å²) in [4.78, 5) is 16.2. The van der Waals surface area contributed by atoms with Crippen LogP contribution in [0.4, 0.5) is 5.82 Å². The Morgan fingerprint density at radius 1 is 1.10 bits per heavy atom. The fourth-order valence-corrected chi connectivity index (χ4v) is 3.50. The number of benzene rings is 1. The molecule has 1 aromatic carbocycles. The summed E-state index contributed by atoms with van der Waals surface area (Å²) < 4.78 is 5.48. The first-order valence-electron chi connectivity index (χ1n) is 9.54. The van der Waals surface area contributed by atoms with Crippen molar-refractivity contribution >= 4 is 16.9 Å². The van der Waals surface area contributed by atoms with Gasteiger partial charge in [0.05, 0.1) is 31.0 Å². The number of hydrogen-bond acceptors (Lipinski definition) is 9. The molecule has 10 heteroatoms. The summed E-state index contributed by atoms with van der Waals surface area (Å²) in [6.45, 7) is 2.40. The van der Waals surface area contributed by atoms with E-state index in [-0.39, 0.29) is 12.4 Å². The number of pyridine rings is 1. The largest absolute Gasteiger partial charge is 0.508 e. The van der Waals surface area contributed by atoms with Gasteiger partial charge >= 0.3 is 0 Å². The lowest BCUT2D eigenvalue weighted by Gasteiger charge is -2.28. The molecule has 0 unspecified atom stereocenters. The van der Waals surface area contributed by atoms with Gasteiger partial charge in [0.1, 0.15) is 17.0 Å². The number of aromatic amines is 1. The number of hydrogen-bond donors (Lipinski definition) is 3. The SMILES string of the molecule is OCc1nn[nH]c1-c1cnc2c(N3CCOCC3)nc(-c3cccc(O)c3)nc2c1. The van der Waals surface area contributed by atoms with E-state index in [0.717, 1.165) is 5.82 Å². The number of phenolic OH excluding ortho intramolecular Hbond substituents is 1. The molecule has 1 saturated heterocycles. The topological polar surface area (TPSA) is 133 Å². The third-order valence-corrected chi connectivity index (χ3v) is 4.99. The Bertz CT molecular complexity index is 1200. The lowest BCUT2D eigenvalue weighted by Crippen LogP contribution is -2.37. The minimum Gasteiger partial charge on any atom is -0.508 e. The van der Waals surface area contributed by atoms with E-state index in [1.54, 1.807) is 24.4 Å². The second-order valence-corrected chi connectivity index (χ2v) is 6.90. The summed E-state index contributed by atoms with van der Waals surface area (Å²) in [6, 6.07) is 8.71. The lowest BCUT2D eigenvalue weighted by molar-refractivity contribution is 0.122. The summed E-state index contributed by atoms with van der Waals surface area (Å²) in [5, 5.41) is 29.9. The molecule has 0 aliphatic carbocycles. The van der Waals surface area contributed by atoms with Gasteiger partial charge in [-0.05, 0) is 18.2 Å². The van der Waals surface area contributed by atoms with Crippen molar-refractivity contribution in [2.24, 2.45) is 0 Å². The molecule has 1 fully saturated rings. The minimum atomic E-state index is -0.235. The van der Waals surface area contributed by atoms with Crippen LogP contribution in [0, 0.1) is 0 Å². The number of nitrogens with zero attached hydrogens (tertiary/aromatic N) is 6. The van der Waals surface area contributed by atoms with Crippen molar-refractivity contribution in [2.45, 2.75) is 6.61 Å². The van der Waals surface area contributed by atoms with Crippen molar-refractivity contribution in [2.75, 3.05) is 31.2 Å². The average Bonchev–Trinajstić information content (AvgIpc) is 3.27. The molecular formula is C20H19N7O3. The van der Waals surface area contributed by atoms with Crippen LogP contribution in [0.3, 0.4) is 0 Å². The first kappa shape index (κ1) is 18.4. The van der Waals surface area contributed by atoms with Crippen LogP contribution in [-0.4, -0.2) is 66.9 Å². The number of morpholine rings is 1. The maximum absolute atomic E-state index is 9.90. The highest BCUT2D eigenvalue weighted by Gasteiger charge is 2.20. The van der Waals surface area contributed by atoms with E-state index in [9.17, 15) is 10.2 Å². The number of phenols is 1. The van der Waals surface area contributed by atoms with E-state index >= 15 is 0 Å². The number of aromatic nitrogens is 6. The first-order chi connectivity index (χ1) is 14.7. The van der Waals surface area contributed by atoms with E-state index in [4.69, 9.17) is 14.7 Å². The molecule has 1 aliphatic heterocycles. The molecule has 0 spiro atoms. The number of aliphatic hydroxyl groups excluding tert-OH is 1. The van der Waals surface area contributed by atoms with Gasteiger partial charge in [-0.1, -0.05) is 17.3 Å². The fraction of sp³-hybridized carbons (Fsp3) is 0.250. The fourth-order valence-electron chi connectivity index (χ4n) is 3.50. The number of ether oxygens (including phenoxy) is 1. The van der Waals surface area contributed by atoms with E-state index in [1.165, 1.54) is 0 Å². The molecule has 0 amide bonds. The molecule has 4 heterocycles. The first-order valence-corrected chi connectivity index (χ1v) is 9.54. The third-order valence-electron chi connectivity index (χ3n) is 4.99. The number of nitrogens with one attached hydrogen (secondary N) is 1. The molecule has 10 nitrogen and oxygen atoms in total. The van der Waals surface area contributed by atoms with E-state index in [1.807, 2.05) is 12.1 Å². The van der Waals surface area contributed by atoms with Crippen LogP contribution in [-0.2, 0) is 11.3 Å². The van der Waals surface area contributed by atoms with Gasteiger partial charge < -0.3 is 19.8 Å². The van der Waals surface area contributed by atoms with Gasteiger partial charge in [-0.15, -0.1) is 5.10 Å². The Hall–Kier alpha value is -3.63. The second kappa shape index (κ2) is 7.65. The molecule has 152 valence electrons. The maximum Gasteiger partial charge on any atom is 0.162 e. The summed E-state index contributed by atoms with van der Waals surface area (Å²) in [5.41, 5.74) is 3.76. The molecule has 1 aliphatic rings. The molecule has 3 aromatic heterocycles. The van der Waals surface area contributed by atoms with Crippen LogP contribution >= 0.6 is 0 Å². The zero-order chi connectivity index (χ0) is 20.5. The summed E-state index contributed by atoms with van der Waals surface area (Å²) in [6.07, 6.45) is 1.69. The Morgan fingerprint density at radius 3 is 2.77 bits per heavy atom. The van der Waals surface area contributed by atoms with E-state index < -0.39 is 0 Å². The van der Waals surface area contributed by atoms with Crippen molar-refractivity contribution in [1.82, 2.24) is 30.4 Å². The number of rotatable bonds is 4.